The Bertz CT molecular complexity index is 1240. The minimum absolute atomic E-state index is 0.0775. The van der Waals surface area contributed by atoms with Crippen LogP contribution in [0.5, 0.6) is 17.2 Å². The summed E-state index contributed by atoms with van der Waals surface area (Å²) in [6, 6.07) is 9.45. The van der Waals surface area contributed by atoms with Crippen molar-refractivity contribution in [2.75, 3.05) is 21.3 Å². The van der Waals surface area contributed by atoms with Crippen molar-refractivity contribution < 1.29 is 23.9 Å². The number of non-ortho nitro benzene ring substituents is 1. The predicted molar refractivity (Wildman–Crippen MR) is 121 cm³/mol. The zero-order chi connectivity index (χ0) is 23.4. The summed E-state index contributed by atoms with van der Waals surface area (Å²) in [4.78, 5) is 28.2. The normalized spacial score (nSPS) is 11.3. The van der Waals surface area contributed by atoms with Gasteiger partial charge in [0, 0.05) is 28.6 Å². The number of Topliss-reactive ketones (excluding diaryl/α,β-unsaturated/α-hetero) is 1. The minimum atomic E-state index is -1.20. The van der Waals surface area contributed by atoms with E-state index in [1.807, 2.05) is 6.07 Å². The number of nitrogens with zero attached hydrogens (tertiary/aromatic N) is 3. The molecule has 0 radical (unpaired) electrons. The second kappa shape index (κ2) is 9.76. The fourth-order valence-electron chi connectivity index (χ4n) is 3.01. The van der Waals surface area contributed by atoms with Crippen LogP contribution in [0.1, 0.15) is 21.3 Å². The Morgan fingerprint density at radius 1 is 1.22 bits per heavy atom. The third-order valence-corrected chi connectivity index (χ3v) is 6.24. The van der Waals surface area contributed by atoms with Crippen LogP contribution in [0.4, 0.5) is 5.69 Å². The molecule has 0 saturated carbocycles. The van der Waals surface area contributed by atoms with Crippen molar-refractivity contribution in [2.24, 2.45) is 0 Å². The standard InChI is InChI=1S/C21H16BrN3O6S/c1-29-16-8-13(17(22)20(31-3)19(16)30-2)18(26)14(9-23)21-24-15(10-32-21)11-5-4-6-12(7-11)25(27)28/h4-8,10,14H,1-3H3. The van der Waals surface area contributed by atoms with Gasteiger partial charge in [0.1, 0.15) is 5.01 Å². The molecule has 1 heterocycles. The van der Waals surface area contributed by atoms with Crippen molar-refractivity contribution >= 4 is 38.7 Å². The van der Waals surface area contributed by atoms with Gasteiger partial charge in [0.25, 0.3) is 5.69 Å². The Labute approximate surface area is 195 Å². The number of nitriles is 1. The summed E-state index contributed by atoms with van der Waals surface area (Å²) in [6.45, 7) is 0. The van der Waals surface area contributed by atoms with E-state index < -0.39 is 16.6 Å². The summed E-state index contributed by atoms with van der Waals surface area (Å²) in [7, 11) is 4.29. The van der Waals surface area contributed by atoms with Crippen LogP contribution in [0, 0.1) is 21.4 Å². The van der Waals surface area contributed by atoms with E-state index in [9.17, 15) is 20.2 Å². The topological polar surface area (TPSA) is 125 Å². The van der Waals surface area contributed by atoms with Gasteiger partial charge in [-0.2, -0.15) is 5.26 Å². The molecule has 0 saturated heterocycles. The van der Waals surface area contributed by atoms with E-state index >= 15 is 0 Å². The van der Waals surface area contributed by atoms with Gasteiger partial charge in [-0.3, -0.25) is 14.9 Å². The summed E-state index contributed by atoms with van der Waals surface area (Å²) in [5, 5.41) is 22.7. The summed E-state index contributed by atoms with van der Waals surface area (Å²) in [5.41, 5.74) is 1.04. The number of rotatable bonds is 8. The molecular weight excluding hydrogens is 502 g/mol. The number of benzene rings is 2. The predicted octanol–water partition coefficient (Wildman–Crippen LogP) is 5.00. The molecule has 1 atom stereocenters. The maximum atomic E-state index is 13.3. The second-order valence-electron chi connectivity index (χ2n) is 6.31. The highest BCUT2D eigenvalue weighted by molar-refractivity contribution is 9.10. The van der Waals surface area contributed by atoms with Crippen LogP contribution in [0.25, 0.3) is 11.3 Å². The molecule has 3 aromatic rings. The number of halogens is 1. The summed E-state index contributed by atoms with van der Waals surface area (Å²) in [5.74, 6) is -0.897. The minimum Gasteiger partial charge on any atom is -0.493 e. The number of carbonyl (C=O) groups excluding carboxylic acids is 1. The number of hydrogen-bond donors (Lipinski definition) is 0. The molecule has 0 aliphatic heterocycles. The van der Waals surface area contributed by atoms with E-state index in [2.05, 4.69) is 20.9 Å². The van der Waals surface area contributed by atoms with Gasteiger partial charge in [0.05, 0.1) is 42.5 Å². The van der Waals surface area contributed by atoms with E-state index in [-0.39, 0.29) is 27.8 Å². The van der Waals surface area contributed by atoms with Gasteiger partial charge in [-0.25, -0.2) is 4.98 Å². The molecule has 164 valence electrons. The molecule has 2 aromatic carbocycles. The highest BCUT2D eigenvalue weighted by Crippen LogP contribution is 2.46. The molecule has 0 fully saturated rings. The first-order chi connectivity index (χ1) is 15.4. The number of nitro benzene ring substituents is 1. The Kier molecular flexibility index (Phi) is 7.07. The fraction of sp³-hybridized carbons (Fsp3) is 0.190. The Hall–Kier alpha value is -3.49. The molecule has 1 aromatic heterocycles. The van der Waals surface area contributed by atoms with Crippen molar-refractivity contribution in [3.05, 3.63) is 60.9 Å². The van der Waals surface area contributed by atoms with Gasteiger partial charge >= 0.3 is 0 Å². The number of aromatic nitrogens is 1. The van der Waals surface area contributed by atoms with Crippen LogP contribution in [0.3, 0.4) is 0 Å². The summed E-state index contributed by atoms with van der Waals surface area (Å²) < 4.78 is 16.3. The Morgan fingerprint density at radius 3 is 2.53 bits per heavy atom. The Balaban J connectivity index is 2.02. The summed E-state index contributed by atoms with van der Waals surface area (Å²) in [6.07, 6.45) is 0. The molecule has 1 unspecified atom stereocenters. The molecule has 0 amide bonds. The van der Waals surface area contributed by atoms with Crippen molar-refractivity contribution in [1.29, 1.82) is 5.26 Å². The number of carbonyl (C=O) groups is 1. The molecule has 0 aliphatic rings. The van der Waals surface area contributed by atoms with Crippen molar-refractivity contribution in [3.63, 3.8) is 0 Å². The van der Waals surface area contributed by atoms with Crippen molar-refractivity contribution in [2.45, 2.75) is 5.92 Å². The SMILES string of the molecule is COc1cc(C(=O)C(C#N)c2nc(-c3cccc([N+](=O)[O-])c3)cs2)c(Br)c(OC)c1OC. The van der Waals surface area contributed by atoms with Gasteiger partial charge in [-0.15, -0.1) is 11.3 Å². The third-order valence-electron chi connectivity index (χ3n) is 4.55. The zero-order valence-corrected chi connectivity index (χ0v) is 19.5. The molecular formula is C21H16BrN3O6S. The lowest BCUT2D eigenvalue weighted by molar-refractivity contribution is -0.384. The maximum absolute atomic E-state index is 13.3. The van der Waals surface area contributed by atoms with Crippen LogP contribution >= 0.6 is 27.3 Å². The van der Waals surface area contributed by atoms with Crippen molar-refractivity contribution in [1.82, 2.24) is 4.98 Å². The Morgan fingerprint density at radius 2 is 1.94 bits per heavy atom. The third kappa shape index (κ3) is 4.28. The number of ketones is 1. The number of methoxy groups -OCH3 is 3. The van der Waals surface area contributed by atoms with E-state index in [0.29, 0.717) is 21.5 Å². The molecule has 0 bridgehead atoms. The van der Waals surface area contributed by atoms with Gasteiger partial charge in [0.15, 0.2) is 23.2 Å². The molecule has 9 nitrogen and oxygen atoms in total. The zero-order valence-electron chi connectivity index (χ0n) is 17.1. The first-order valence-electron chi connectivity index (χ1n) is 8.98. The lowest BCUT2D eigenvalue weighted by atomic mass is 9.98. The van der Waals surface area contributed by atoms with Gasteiger partial charge in [-0.05, 0) is 22.0 Å². The van der Waals surface area contributed by atoms with Crippen LogP contribution in [0.2, 0.25) is 0 Å². The summed E-state index contributed by atoms with van der Waals surface area (Å²) >= 11 is 4.48. The van der Waals surface area contributed by atoms with E-state index in [1.165, 1.54) is 39.5 Å². The van der Waals surface area contributed by atoms with Crippen LogP contribution < -0.4 is 14.2 Å². The van der Waals surface area contributed by atoms with Crippen LogP contribution in [0.15, 0.2) is 40.2 Å². The average molecular weight is 518 g/mol. The molecule has 0 spiro atoms. The van der Waals surface area contributed by atoms with Gasteiger partial charge in [0.2, 0.25) is 5.75 Å². The van der Waals surface area contributed by atoms with E-state index in [4.69, 9.17) is 14.2 Å². The lowest BCUT2D eigenvalue weighted by Gasteiger charge is -2.17. The molecule has 32 heavy (non-hydrogen) atoms. The fourth-order valence-corrected chi connectivity index (χ4v) is 4.53. The monoisotopic (exact) mass is 517 g/mol. The van der Waals surface area contributed by atoms with Crippen LogP contribution in [-0.4, -0.2) is 37.0 Å². The van der Waals surface area contributed by atoms with Crippen LogP contribution in [-0.2, 0) is 0 Å². The van der Waals surface area contributed by atoms with Crippen molar-refractivity contribution in [3.8, 4) is 34.6 Å². The number of thiazole rings is 1. The smallest absolute Gasteiger partial charge is 0.270 e. The van der Waals surface area contributed by atoms with Gasteiger partial charge < -0.3 is 14.2 Å². The van der Waals surface area contributed by atoms with E-state index in [0.717, 1.165) is 11.3 Å². The van der Waals surface area contributed by atoms with Gasteiger partial charge in [-0.1, -0.05) is 12.1 Å². The highest BCUT2D eigenvalue weighted by atomic mass is 79.9. The molecule has 0 N–H and O–H groups in total. The quantitative estimate of drug-likeness (QED) is 0.232. The number of nitro groups is 1. The maximum Gasteiger partial charge on any atom is 0.270 e. The molecule has 0 aliphatic carbocycles. The average Bonchev–Trinajstić information content (AvgIpc) is 3.28. The second-order valence-corrected chi connectivity index (χ2v) is 7.99. The number of ether oxygens (including phenoxy) is 3. The number of hydrogen-bond acceptors (Lipinski definition) is 9. The first kappa shape index (κ1) is 23.2. The largest absolute Gasteiger partial charge is 0.493 e. The lowest BCUT2D eigenvalue weighted by Crippen LogP contribution is -2.13. The highest BCUT2D eigenvalue weighted by Gasteiger charge is 2.30. The molecule has 3 rings (SSSR count). The van der Waals surface area contributed by atoms with E-state index in [1.54, 1.807) is 17.5 Å². The first-order valence-corrected chi connectivity index (χ1v) is 10.7. The molecule has 11 heteroatoms.